The van der Waals surface area contributed by atoms with E-state index in [0.717, 1.165) is 44.2 Å². The molecule has 2 aliphatic carbocycles. The van der Waals surface area contributed by atoms with E-state index in [1.807, 2.05) is 30.3 Å². The van der Waals surface area contributed by atoms with Gasteiger partial charge in [0.1, 0.15) is 11.5 Å². The summed E-state index contributed by atoms with van der Waals surface area (Å²) in [6.45, 7) is 4.43. The third kappa shape index (κ3) is 11.5. The Labute approximate surface area is 284 Å². The number of halogens is 1. The van der Waals surface area contributed by atoms with Gasteiger partial charge in [0.25, 0.3) is 0 Å². The van der Waals surface area contributed by atoms with Crippen LogP contribution in [0.15, 0.2) is 36.4 Å². The van der Waals surface area contributed by atoms with Crippen LogP contribution in [-0.2, 0) is 0 Å². The number of aromatic nitrogens is 2. The molecule has 0 amide bonds. The van der Waals surface area contributed by atoms with Crippen molar-refractivity contribution in [2.24, 2.45) is 17.6 Å². The molecular formula is C32H49ClN4O2S4. The van der Waals surface area contributed by atoms with E-state index in [1.54, 1.807) is 25.6 Å². The van der Waals surface area contributed by atoms with Crippen molar-refractivity contribution in [2.45, 2.75) is 90.1 Å². The van der Waals surface area contributed by atoms with Crippen molar-refractivity contribution in [3.05, 3.63) is 40.9 Å². The molecule has 0 spiro atoms. The largest absolute Gasteiger partial charge is 0.497 e. The van der Waals surface area contributed by atoms with Gasteiger partial charge in [0.2, 0.25) is 0 Å². The number of fused-ring (bicyclic) bond motifs is 2. The fourth-order valence-corrected chi connectivity index (χ4v) is 7.75. The maximum Gasteiger partial charge on any atom is 0.184 e. The number of nitrogens with two attached hydrogens (primary N) is 1. The zero-order valence-electron chi connectivity index (χ0n) is 25.8. The highest BCUT2D eigenvalue weighted by Crippen LogP contribution is 2.33. The number of benzene rings is 2. The van der Waals surface area contributed by atoms with E-state index in [1.165, 1.54) is 80.2 Å². The maximum atomic E-state index is 5.77. The van der Waals surface area contributed by atoms with Crippen LogP contribution < -0.4 is 20.5 Å². The lowest BCUT2D eigenvalue weighted by Gasteiger charge is -2.28. The molecule has 3 N–H and O–H groups in total. The second-order valence-corrected chi connectivity index (χ2v) is 13.9. The summed E-state index contributed by atoms with van der Waals surface area (Å²) in [5.74, 6) is 3.36. The number of ether oxygens (including phenoxy) is 2. The highest BCUT2D eigenvalue weighted by Gasteiger charge is 2.21. The van der Waals surface area contributed by atoms with Crippen LogP contribution in [0.25, 0.3) is 20.4 Å². The number of nitrogens with one attached hydrogen (secondary N) is 1. The predicted molar refractivity (Wildman–Crippen MR) is 198 cm³/mol. The van der Waals surface area contributed by atoms with Gasteiger partial charge >= 0.3 is 0 Å². The molecular weight excluding hydrogens is 636 g/mol. The topological polar surface area (TPSA) is 82.3 Å². The van der Waals surface area contributed by atoms with Crippen molar-refractivity contribution in [3.8, 4) is 11.5 Å². The molecule has 2 atom stereocenters. The molecule has 6 nitrogen and oxygen atoms in total. The number of thiazole rings is 2. The Morgan fingerprint density at radius 3 is 1.74 bits per heavy atom. The number of anilines is 1. The van der Waals surface area contributed by atoms with Crippen LogP contribution in [-0.4, -0.2) is 36.3 Å². The van der Waals surface area contributed by atoms with E-state index in [9.17, 15) is 0 Å². The summed E-state index contributed by atoms with van der Waals surface area (Å²) in [6.07, 6.45) is 13.9. The lowest BCUT2D eigenvalue weighted by molar-refractivity contribution is 0.316. The summed E-state index contributed by atoms with van der Waals surface area (Å²) in [7, 11) is 3.34. The van der Waals surface area contributed by atoms with E-state index >= 15 is 0 Å². The first kappa shape index (κ1) is 37.8. The lowest BCUT2D eigenvalue weighted by Crippen LogP contribution is -2.27. The number of hydrogen-bond donors (Lipinski definition) is 2. The SMILES string of the molecule is COc1ccc2nc(Cl)sc2c1.COc1ccc2nc(N[C@@H](C)C3CCCCC3)sc2c1.C[C@H](N)C1CCCCC1.S.S. The predicted octanol–water partition coefficient (Wildman–Crippen LogP) is 9.78. The third-order valence-corrected chi connectivity index (χ3v) is 10.3. The molecule has 2 aliphatic rings. The molecule has 0 aliphatic heterocycles. The Kier molecular flexibility index (Phi) is 16.8. The quantitative estimate of drug-likeness (QED) is 0.210. The van der Waals surface area contributed by atoms with Crippen LogP contribution in [0, 0.1) is 11.8 Å². The molecule has 11 heteroatoms. The van der Waals surface area contributed by atoms with Crippen molar-refractivity contribution in [1.29, 1.82) is 0 Å². The average molecular weight is 685 g/mol. The molecule has 240 valence electrons. The molecule has 6 rings (SSSR count). The van der Waals surface area contributed by atoms with Gasteiger partial charge in [-0.1, -0.05) is 61.5 Å². The maximum absolute atomic E-state index is 5.77. The Hall–Kier alpha value is -1.43. The Bertz CT molecular complexity index is 1350. The first-order valence-electron chi connectivity index (χ1n) is 14.9. The molecule has 0 unspecified atom stereocenters. The number of methoxy groups -OCH3 is 2. The molecule has 0 saturated heterocycles. The standard InChI is InChI=1S/C16H22N2OS.C8H6ClNOS.C8H17N.2H2S/c1-11(12-6-4-3-5-7-12)17-16-18-14-9-8-13(19-2)10-15(14)20-16;1-11-5-2-3-6-7(4-5)12-8(9)10-6;1-7(9)8-5-3-2-4-6-8;;/h8-12H,3-7H2,1-2H3,(H,17,18);2-4H,1H3;7-8H,2-6,9H2,1H3;2*1H2/t11-;;7-;;/m0.0../s1. The minimum absolute atomic E-state index is 0. The zero-order chi connectivity index (χ0) is 29.2. The van der Waals surface area contributed by atoms with Gasteiger partial charge in [-0.2, -0.15) is 27.0 Å². The second-order valence-electron chi connectivity index (χ2n) is 11.2. The highest BCUT2D eigenvalue weighted by molar-refractivity contribution is 7.59. The molecule has 2 heterocycles. The molecule has 2 fully saturated rings. The number of nitrogens with zero attached hydrogens (tertiary/aromatic N) is 2. The van der Waals surface area contributed by atoms with Crippen LogP contribution in [0.2, 0.25) is 4.47 Å². The monoisotopic (exact) mass is 684 g/mol. The van der Waals surface area contributed by atoms with E-state index in [0.29, 0.717) is 16.6 Å². The first-order valence-corrected chi connectivity index (χ1v) is 16.9. The molecule has 2 aromatic carbocycles. The number of hydrogen-bond acceptors (Lipinski definition) is 8. The summed E-state index contributed by atoms with van der Waals surface area (Å²) in [6, 6.07) is 12.7. The molecule has 0 bridgehead atoms. The van der Waals surface area contributed by atoms with Crippen molar-refractivity contribution in [3.63, 3.8) is 0 Å². The Morgan fingerprint density at radius 1 is 0.767 bits per heavy atom. The minimum atomic E-state index is 0. The normalized spacial score (nSPS) is 16.8. The zero-order valence-corrected chi connectivity index (χ0v) is 30.2. The van der Waals surface area contributed by atoms with E-state index < -0.39 is 0 Å². The van der Waals surface area contributed by atoms with Crippen LogP contribution in [0.5, 0.6) is 11.5 Å². The fraction of sp³-hybridized carbons (Fsp3) is 0.562. The molecule has 0 radical (unpaired) electrons. The van der Waals surface area contributed by atoms with Crippen LogP contribution in [0.1, 0.15) is 78.1 Å². The molecule has 2 aromatic heterocycles. The van der Waals surface area contributed by atoms with Crippen molar-refractivity contribution in [2.75, 3.05) is 19.5 Å². The number of rotatable bonds is 6. The van der Waals surface area contributed by atoms with E-state index in [-0.39, 0.29) is 27.0 Å². The molecule has 2 saturated carbocycles. The van der Waals surface area contributed by atoms with Crippen molar-refractivity contribution in [1.82, 2.24) is 9.97 Å². The third-order valence-electron chi connectivity index (χ3n) is 8.27. The first-order chi connectivity index (χ1) is 19.9. The smallest absolute Gasteiger partial charge is 0.184 e. The van der Waals surface area contributed by atoms with E-state index in [4.69, 9.17) is 26.8 Å². The molecule has 4 aromatic rings. The summed E-state index contributed by atoms with van der Waals surface area (Å²) in [4.78, 5) is 8.79. The van der Waals surface area contributed by atoms with Gasteiger partial charge in [-0.15, -0.1) is 11.3 Å². The van der Waals surface area contributed by atoms with Crippen molar-refractivity contribution < 1.29 is 9.47 Å². The minimum Gasteiger partial charge on any atom is -0.497 e. The van der Waals surface area contributed by atoms with Gasteiger partial charge in [0.15, 0.2) is 9.60 Å². The van der Waals surface area contributed by atoms with Crippen LogP contribution >= 0.6 is 61.3 Å². The molecule has 43 heavy (non-hydrogen) atoms. The van der Waals surface area contributed by atoms with Crippen molar-refractivity contribution >= 4 is 86.8 Å². The highest BCUT2D eigenvalue weighted by atomic mass is 35.5. The Balaban J connectivity index is 0.000000241. The van der Waals surface area contributed by atoms with E-state index in [2.05, 4.69) is 35.2 Å². The average Bonchev–Trinajstić information content (AvgIpc) is 3.59. The Morgan fingerprint density at radius 2 is 1.26 bits per heavy atom. The summed E-state index contributed by atoms with van der Waals surface area (Å²) >= 11 is 8.92. The van der Waals surface area contributed by atoms with Gasteiger partial charge in [0, 0.05) is 12.1 Å². The second kappa shape index (κ2) is 19.2. The van der Waals surface area contributed by atoms with Gasteiger partial charge < -0.3 is 20.5 Å². The van der Waals surface area contributed by atoms with Crippen LogP contribution in [0.3, 0.4) is 0 Å². The summed E-state index contributed by atoms with van der Waals surface area (Å²) in [5, 5.41) is 4.64. The van der Waals surface area contributed by atoms with Crippen LogP contribution in [0.4, 0.5) is 5.13 Å². The summed E-state index contributed by atoms with van der Waals surface area (Å²) in [5.41, 5.74) is 7.74. The lowest BCUT2D eigenvalue weighted by atomic mass is 9.85. The summed E-state index contributed by atoms with van der Waals surface area (Å²) < 4.78 is 13.1. The fourth-order valence-electron chi connectivity index (χ4n) is 5.70. The van der Waals surface area contributed by atoms with Gasteiger partial charge in [0.05, 0.1) is 34.7 Å². The van der Waals surface area contributed by atoms with Gasteiger partial charge in [-0.05, 0) is 87.8 Å². The van der Waals surface area contributed by atoms with Gasteiger partial charge in [-0.25, -0.2) is 9.97 Å². The van der Waals surface area contributed by atoms with Gasteiger partial charge in [-0.3, -0.25) is 0 Å².